The van der Waals surface area contributed by atoms with Crippen LogP contribution in [0.5, 0.6) is 0 Å². The minimum absolute atomic E-state index is 0.177. The minimum atomic E-state index is 0.177. The fourth-order valence-electron chi connectivity index (χ4n) is 3.35. The van der Waals surface area contributed by atoms with Gasteiger partial charge in [-0.15, -0.1) is 0 Å². The first-order valence-corrected chi connectivity index (χ1v) is 7.64. The smallest absolute Gasteiger partial charge is 0.257 e. The van der Waals surface area contributed by atoms with Gasteiger partial charge in [-0.3, -0.25) is 4.79 Å². The Morgan fingerprint density at radius 3 is 2.32 bits per heavy atom. The number of hydrogen-bond donors (Lipinski definition) is 0. The van der Waals surface area contributed by atoms with Crippen molar-refractivity contribution in [1.29, 1.82) is 0 Å². The molecule has 0 N–H and O–H groups in total. The molecule has 0 aromatic carbocycles. The molecule has 0 atom stereocenters. The molecule has 2 saturated carbocycles. The Morgan fingerprint density at radius 1 is 1.21 bits per heavy atom. The molecule has 0 saturated heterocycles. The van der Waals surface area contributed by atoms with Crippen LogP contribution in [0.1, 0.15) is 62.2 Å². The second kappa shape index (κ2) is 5.40. The van der Waals surface area contributed by atoms with Crippen LogP contribution in [-0.2, 0) is 0 Å². The third-order valence-electron chi connectivity index (χ3n) is 4.73. The highest BCUT2D eigenvalue weighted by molar-refractivity contribution is 5.94. The van der Waals surface area contributed by atoms with Gasteiger partial charge in [0.15, 0.2) is 0 Å². The molecule has 104 valence electrons. The van der Waals surface area contributed by atoms with E-state index in [1.54, 1.807) is 18.6 Å². The summed E-state index contributed by atoms with van der Waals surface area (Å²) < 4.78 is 5.06. The van der Waals surface area contributed by atoms with Crippen molar-refractivity contribution in [1.82, 2.24) is 4.90 Å². The third-order valence-corrected chi connectivity index (χ3v) is 4.73. The zero-order chi connectivity index (χ0) is 13.2. The van der Waals surface area contributed by atoms with Crippen molar-refractivity contribution in [2.24, 2.45) is 5.92 Å². The van der Waals surface area contributed by atoms with E-state index >= 15 is 0 Å². The maximum Gasteiger partial charge on any atom is 0.257 e. The Hall–Kier alpha value is -1.25. The predicted octanol–water partition coefficient (Wildman–Crippen LogP) is 3.85. The van der Waals surface area contributed by atoms with Gasteiger partial charge >= 0.3 is 0 Å². The lowest BCUT2D eigenvalue weighted by atomic mass is 9.83. The van der Waals surface area contributed by atoms with E-state index in [0.717, 1.165) is 5.92 Å². The van der Waals surface area contributed by atoms with Crippen LogP contribution in [0.15, 0.2) is 23.0 Å². The fourth-order valence-corrected chi connectivity index (χ4v) is 3.35. The van der Waals surface area contributed by atoms with Crippen molar-refractivity contribution in [2.75, 3.05) is 0 Å². The summed E-state index contributed by atoms with van der Waals surface area (Å²) in [6, 6.07) is 2.73. The van der Waals surface area contributed by atoms with E-state index in [4.69, 9.17) is 4.42 Å². The molecule has 3 nitrogen and oxygen atoms in total. The first-order chi connectivity index (χ1) is 9.29. The number of hydrogen-bond acceptors (Lipinski definition) is 2. The van der Waals surface area contributed by atoms with Crippen LogP contribution < -0.4 is 0 Å². The molecule has 1 heterocycles. The monoisotopic (exact) mass is 261 g/mol. The highest BCUT2D eigenvalue weighted by atomic mass is 16.3. The first kappa shape index (κ1) is 12.8. The molecular weight excluding hydrogens is 238 g/mol. The molecule has 0 unspecified atom stereocenters. The van der Waals surface area contributed by atoms with E-state index in [-0.39, 0.29) is 5.91 Å². The maximum absolute atomic E-state index is 12.6. The Kier molecular flexibility index (Phi) is 3.63. The van der Waals surface area contributed by atoms with Crippen molar-refractivity contribution in [3.63, 3.8) is 0 Å². The van der Waals surface area contributed by atoms with E-state index in [1.165, 1.54) is 44.9 Å². The van der Waals surface area contributed by atoms with Crippen LogP contribution in [-0.4, -0.2) is 22.9 Å². The predicted molar refractivity (Wildman–Crippen MR) is 73.9 cm³/mol. The summed E-state index contributed by atoms with van der Waals surface area (Å²) in [5, 5.41) is 0. The molecule has 0 aliphatic heterocycles. The summed E-state index contributed by atoms with van der Waals surface area (Å²) in [5.74, 6) is 1.05. The molecule has 0 spiro atoms. The second-order valence-electron chi connectivity index (χ2n) is 6.04. The van der Waals surface area contributed by atoms with E-state index in [2.05, 4.69) is 11.8 Å². The van der Waals surface area contributed by atoms with Gasteiger partial charge < -0.3 is 9.32 Å². The number of nitrogens with zero attached hydrogens (tertiary/aromatic N) is 1. The Morgan fingerprint density at radius 2 is 1.84 bits per heavy atom. The topological polar surface area (TPSA) is 33.5 Å². The summed E-state index contributed by atoms with van der Waals surface area (Å²) in [7, 11) is 0. The van der Waals surface area contributed by atoms with Gasteiger partial charge in [0.05, 0.1) is 11.8 Å². The molecule has 1 aromatic heterocycles. The summed E-state index contributed by atoms with van der Waals surface area (Å²) in [5.41, 5.74) is 0.713. The molecule has 2 aliphatic carbocycles. The second-order valence-corrected chi connectivity index (χ2v) is 6.04. The van der Waals surface area contributed by atoms with Crippen LogP contribution in [0.25, 0.3) is 0 Å². The summed E-state index contributed by atoms with van der Waals surface area (Å²) in [4.78, 5) is 14.8. The highest BCUT2D eigenvalue weighted by Crippen LogP contribution is 2.37. The van der Waals surface area contributed by atoms with Crippen LogP contribution in [0.4, 0.5) is 0 Å². The van der Waals surface area contributed by atoms with Gasteiger partial charge in [0.25, 0.3) is 5.91 Å². The van der Waals surface area contributed by atoms with Crippen molar-refractivity contribution in [2.45, 2.75) is 64.0 Å². The average Bonchev–Trinajstić information content (AvgIpc) is 3.12. The molecule has 2 fully saturated rings. The number of furan rings is 1. The van der Waals surface area contributed by atoms with Gasteiger partial charge in [0, 0.05) is 12.1 Å². The quantitative estimate of drug-likeness (QED) is 0.824. The lowest BCUT2D eigenvalue weighted by molar-refractivity contribution is 0.0586. The number of carbonyl (C=O) groups excluding carboxylic acids is 1. The molecule has 1 aromatic rings. The van der Waals surface area contributed by atoms with Gasteiger partial charge in [-0.25, -0.2) is 0 Å². The van der Waals surface area contributed by atoms with Crippen LogP contribution in [0.3, 0.4) is 0 Å². The molecule has 19 heavy (non-hydrogen) atoms. The van der Waals surface area contributed by atoms with E-state index in [0.29, 0.717) is 17.6 Å². The average molecular weight is 261 g/mol. The third kappa shape index (κ3) is 2.70. The van der Waals surface area contributed by atoms with Gasteiger partial charge in [-0.05, 0) is 50.5 Å². The number of carbonyl (C=O) groups is 1. The highest BCUT2D eigenvalue weighted by Gasteiger charge is 2.39. The van der Waals surface area contributed by atoms with Crippen molar-refractivity contribution < 1.29 is 9.21 Å². The summed E-state index contributed by atoms with van der Waals surface area (Å²) in [6.07, 6.45) is 11.7. The maximum atomic E-state index is 12.6. The Bertz CT molecular complexity index is 414. The van der Waals surface area contributed by atoms with Crippen molar-refractivity contribution >= 4 is 5.91 Å². The Labute approximate surface area is 115 Å². The lowest BCUT2D eigenvalue weighted by Crippen LogP contribution is -2.43. The van der Waals surface area contributed by atoms with Gasteiger partial charge in [0.2, 0.25) is 0 Å². The normalized spacial score (nSPS) is 27.2. The number of amides is 1. The van der Waals surface area contributed by atoms with Crippen molar-refractivity contribution in [3.8, 4) is 0 Å². The molecule has 0 bridgehead atoms. The molecule has 0 radical (unpaired) electrons. The zero-order valence-corrected chi connectivity index (χ0v) is 11.7. The zero-order valence-electron chi connectivity index (χ0n) is 11.7. The van der Waals surface area contributed by atoms with Crippen LogP contribution >= 0.6 is 0 Å². The van der Waals surface area contributed by atoms with E-state index in [9.17, 15) is 4.79 Å². The molecule has 3 rings (SSSR count). The fraction of sp³-hybridized carbons (Fsp3) is 0.688. The van der Waals surface area contributed by atoms with Crippen LogP contribution in [0.2, 0.25) is 0 Å². The molecule has 1 amide bonds. The molecule has 3 heteroatoms. The minimum Gasteiger partial charge on any atom is -0.472 e. The van der Waals surface area contributed by atoms with Gasteiger partial charge in [0.1, 0.15) is 6.26 Å². The van der Waals surface area contributed by atoms with E-state index < -0.39 is 0 Å². The molecule has 2 aliphatic rings. The standard InChI is InChI=1S/C16H23NO2/c1-2-12-3-5-14(6-4-12)17(15-7-8-15)16(18)13-9-10-19-11-13/h9-12,14-15H,2-8H2,1H3. The van der Waals surface area contributed by atoms with Crippen LogP contribution in [0, 0.1) is 5.92 Å². The summed E-state index contributed by atoms with van der Waals surface area (Å²) in [6.45, 7) is 2.28. The lowest BCUT2D eigenvalue weighted by Gasteiger charge is -2.37. The van der Waals surface area contributed by atoms with Gasteiger partial charge in [-0.2, -0.15) is 0 Å². The largest absolute Gasteiger partial charge is 0.472 e. The van der Waals surface area contributed by atoms with E-state index in [1.807, 2.05) is 0 Å². The SMILES string of the molecule is CCC1CCC(N(C(=O)c2ccoc2)C2CC2)CC1. The van der Waals surface area contributed by atoms with Crippen molar-refractivity contribution in [3.05, 3.63) is 24.2 Å². The van der Waals surface area contributed by atoms with Gasteiger partial charge in [-0.1, -0.05) is 13.3 Å². The Balaban J connectivity index is 1.70. The summed E-state index contributed by atoms with van der Waals surface area (Å²) >= 11 is 0. The first-order valence-electron chi connectivity index (χ1n) is 7.64. The molecular formula is C16H23NO2. The number of rotatable bonds is 4.